The van der Waals surface area contributed by atoms with Gasteiger partial charge in [-0.1, -0.05) is 79.4 Å². The molecule has 3 heterocycles. The maximum absolute atomic E-state index is 11.8. The summed E-state index contributed by atoms with van der Waals surface area (Å²) in [6.07, 6.45) is 11.3. The van der Waals surface area contributed by atoms with Crippen LogP contribution in [0.3, 0.4) is 0 Å². The molecule has 6 aliphatic rings. The van der Waals surface area contributed by atoms with Gasteiger partial charge in [-0.05, 0) is 78.8 Å². The Hall–Kier alpha value is -7.21. The van der Waals surface area contributed by atoms with Gasteiger partial charge in [-0.2, -0.15) is 0 Å². The van der Waals surface area contributed by atoms with E-state index >= 15 is 0 Å². The van der Waals surface area contributed by atoms with E-state index in [9.17, 15) is 24.6 Å². The van der Waals surface area contributed by atoms with Gasteiger partial charge in [0, 0.05) is 66.4 Å². The highest BCUT2D eigenvalue weighted by Gasteiger charge is 2.57. The van der Waals surface area contributed by atoms with Crippen LogP contribution in [0.25, 0.3) is 21.8 Å². The molecule has 0 radical (unpaired) electrons. The molecule has 6 atom stereocenters. The van der Waals surface area contributed by atoms with Crippen LogP contribution in [0.2, 0.25) is 0 Å². The summed E-state index contributed by atoms with van der Waals surface area (Å²) < 4.78 is 0. The van der Waals surface area contributed by atoms with Crippen molar-refractivity contribution in [3.63, 3.8) is 0 Å². The monoisotopic (exact) mass is 798 g/mol. The molecule has 0 saturated heterocycles. The van der Waals surface area contributed by atoms with Crippen molar-refractivity contribution in [1.29, 1.82) is 0 Å². The van der Waals surface area contributed by atoms with E-state index in [4.69, 9.17) is 5.11 Å². The molecule has 13 rings (SSSR count). The zero-order valence-corrected chi connectivity index (χ0v) is 33.2. The lowest BCUT2D eigenvalue weighted by Crippen LogP contribution is -2.45. The van der Waals surface area contributed by atoms with Crippen LogP contribution in [-0.4, -0.2) is 63.1 Å². The summed E-state index contributed by atoms with van der Waals surface area (Å²) in [6.45, 7) is 8.27. The second-order valence-electron chi connectivity index (χ2n) is 16.1. The van der Waals surface area contributed by atoms with Gasteiger partial charge in [-0.15, -0.1) is 0 Å². The molecule has 300 valence electrons. The Morgan fingerprint density at radius 1 is 0.533 bits per heavy atom. The average molecular weight is 799 g/mol. The van der Waals surface area contributed by atoms with Gasteiger partial charge in [-0.3, -0.25) is 39.5 Å². The number of aliphatic carboxylic acids is 3. The minimum Gasteiger partial charge on any atom is -0.481 e. The number of rotatable bonds is 3. The first-order valence-corrected chi connectivity index (χ1v) is 19.6. The normalized spacial score (nSPS) is 23.1. The topological polar surface area (TPSA) is 189 Å². The van der Waals surface area contributed by atoms with Crippen molar-refractivity contribution in [1.82, 2.24) is 29.9 Å². The smallest absolute Gasteiger partial charge is 0.330 e. The van der Waals surface area contributed by atoms with E-state index in [-0.39, 0.29) is 29.2 Å². The molecule has 4 bridgehead atoms. The first-order chi connectivity index (χ1) is 28.8. The molecule has 12 nitrogen and oxygen atoms in total. The molecule has 60 heavy (non-hydrogen) atoms. The van der Waals surface area contributed by atoms with Gasteiger partial charge < -0.3 is 15.3 Å². The standard InChI is InChI=1S/2C16H14N2O2.C12H8N2.C4H6O2/c2*1-16(15(19)20)8-11-9-4-2-3-5-10(9)12(16)14-13(11)17-6-7-18-14;1-2-4-10-8-12-11(7-9(10)3-1)13-5-6-14-12;1-3(2)4(5)6/h2*2-7,11-12H,8H2,1H3,(H,19,20);1-8H;1H2,2H3,(H,5,6). The molecule has 0 saturated carbocycles. The van der Waals surface area contributed by atoms with Crippen molar-refractivity contribution >= 4 is 39.7 Å². The molecule has 0 spiro atoms. The highest BCUT2D eigenvalue weighted by Crippen LogP contribution is 2.61. The van der Waals surface area contributed by atoms with Gasteiger partial charge in [0.1, 0.15) is 0 Å². The maximum atomic E-state index is 11.8. The molecule has 3 aromatic heterocycles. The SMILES string of the molecule is C=C(C)C(=O)O.CC1(C(=O)O)CC2c3ccccc3C1c1nccnc12.CC1(C(=O)O)CC2c3ccccc3C1c1nccnc12.c1ccc2cc3nccnc3cc2c1. The Morgan fingerprint density at radius 3 is 1.20 bits per heavy atom. The maximum Gasteiger partial charge on any atom is 0.330 e. The van der Waals surface area contributed by atoms with Crippen LogP contribution in [0.4, 0.5) is 0 Å². The van der Waals surface area contributed by atoms with Crippen LogP contribution < -0.4 is 0 Å². The molecule has 4 aromatic carbocycles. The third-order valence-corrected chi connectivity index (χ3v) is 12.3. The number of carboxylic acids is 3. The lowest BCUT2D eigenvalue weighted by Gasteiger charge is -2.47. The van der Waals surface area contributed by atoms with Crippen molar-refractivity contribution in [2.45, 2.75) is 57.3 Å². The number of fused-ring (bicyclic) bond motifs is 4. The number of hydrogen-bond donors (Lipinski definition) is 3. The van der Waals surface area contributed by atoms with Crippen LogP contribution >= 0.6 is 0 Å². The second-order valence-corrected chi connectivity index (χ2v) is 16.1. The van der Waals surface area contributed by atoms with Gasteiger partial charge in [0.15, 0.2) is 0 Å². The molecule has 6 unspecified atom stereocenters. The Morgan fingerprint density at radius 2 is 0.850 bits per heavy atom. The summed E-state index contributed by atoms with van der Waals surface area (Å²) in [7, 11) is 0. The molecule has 7 aromatic rings. The summed E-state index contributed by atoms with van der Waals surface area (Å²) in [6, 6.07) is 28.6. The lowest BCUT2D eigenvalue weighted by molar-refractivity contribution is -0.151. The molecule has 0 amide bonds. The first-order valence-electron chi connectivity index (χ1n) is 19.6. The van der Waals surface area contributed by atoms with Gasteiger partial charge in [0.05, 0.1) is 44.6 Å². The van der Waals surface area contributed by atoms with Crippen LogP contribution in [0, 0.1) is 10.8 Å². The van der Waals surface area contributed by atoms with E-state index < -0.39 is 28.7 Å². The number of benzene rings is 4. The highest BCUT2D eigenvalue weighted by atomic mass is 16.4. The molecule has 6 aliphatic carbocycles. The Kier molecular flexibility index (Phi) is 10.2. The number of carboxylic acid groups (broad SMARTS) is 3. The van der Waals surface area contributed by atoms with E-state index in [1.165, 1.54) is 28.8 Å². The summed E-state index contributed by atoms with van der Waals surface area (Å²) in [4.78, 5) is 59.7. The second kappa shape index (κ2) is 15.5. The van der Waals surface area contributed by atoms with Gasteiger partial charge in [-0.25, -0.2) is 4.79 Å². The van der Waals surface area contributed by atoms with E-state index in [0.717, 1.165) is 44.9 Å². The Bertz CT molecular complexity index is 2510. The quantitative estimate of drug-likeness (QED) is 0.114. The third-order valence-electron chi connectivity index (χ3n) is 12.3. The van der Waals surface area contributed by atoms with Crippen molar-refractivity contribution in [3.8, 4) is 0 Å². The Labute approximate surface area is 345 Å². The summed E-state index contributed by atoms with van der Waals surface area (Å²) in [5.74, 6) is -2.76. The fourth-order valence-electron chi connectivity index (χ4n) is 9.33. The van der Waals surface area contributed by atoms with E-state index in [1.807, 2.05) is 62.4 Å². The van der Waals surface area contributed by atoms with Crippen molar-refractivity contribution in [2.24, 2.45) is 10.8 Å². The highest BCUT2D eigenvalue weighted by molar-refractivity contribution is 5.94. The number of hydrogen-bond acceptors (Lipinski definition) is 9. The average Bonchev–Trinajstić information content (AvgIpc) is 3.26. The molecule has 12 heteroatoms. The predicted octanol–water partition coefficient (Wildman–Crippen LogP) is 8.53. The molecule has 0 aliphatic heterocycles. The number of carbonyl (C=O) groups is 3. The molecular formula is C48H42N6O6. The third kappa shape index (κ3) is 6.73. The zero-order valence-electron chi connectivity index (χ0n) is 33.2. The fourth-order valence-corrected chi connectivity index (χ4v) is 9.33. The summed E-state index contributed by atoms with van der Waals surface area (Å²) in [5, 5.41) is 29.8. The van der Waals surface area contributed by atoms with Gasteiger partial charge in [0.2, 0.25) is 0 Å². The molecule has 0 fully saturated rings. The van der Waals surface area contributed by atoms with E-state index in [1.54, 1.807) is 37.2 Å². The summed E-state index contributed by atoms with van der Waals surface area (Å²) >= 11 is 0. The molecule has 3 N–H and O–H groups in total. The lowest BCUT2D eigenvalue weighted by atomic mass is 9.55. The van der Waals surface area contributed by atoms with Gasteiger partial charge >= 0.3 is 17.9 Å². The molecular weight excluding hydrogens is 757 g/mol. The number of nitrogens with zero attached hydrogens (tertiary/aromatic N) is 6. The predicted molar refractivity (Wildman–Crippen MR) is 225 cm³/mol. The number of aromatic nitrogens is 6. The zero-order chi connectivity index (χ0) is 42.3. The van der Waals surface area contributed by atoms with Gasteiger partial charge in [0.25, 0.3) is 0 Å². The summed E-state index contributed by atoms with van der Waals surface area (Å²) in [5.41, 5.74) is 8.68. The van der Waals surface area contributed by atoms with Crippen LogP contribution in [-0.2, 0) is 14.4 Å². The van der Waals surface area contributed by atoms with Crippen molar-refractivity contribution in [2.75, 3.05) is 0 Å². The van der Waals surface area contributed by atoms with Crippen LogP contribution in [0.15, 0.2) is 134 Å². The Balaban J connectivity index is 0.000000118. The van der Waals surface area contributed by atoms with Crippen molar-refractivity contribution < 1.29 is 29.7 Å². The fraction of sp³-hybridized carbons (Fsp3) is 0.229. The van der Waals surface area contributed by atoms with E-state index in [0.29, 0.717) is 12.8 Å². The van der Waals surface area contributed by atoms with E-state index in [2.05, 4.69) is 72.9 Å². The van der Waals surface area contributed by atoms with Crippen LogP contribution in [0.1, 0.15) is 102 Å². The minimum atomic E-state index is -0.935. The minimum absolute atomic E-state index is 0.0426. The first kappa shape index (κ1) is 39.6. The van der Waals surface area contributed by atoms with Crippen molar-refractivity contribution in [3.05, 3.63) is 179 Å². The van der Waals surface area contributed by atoms with Crippen LogP contribution in [0.5, 0.6) is 0 Å². The largest absolute Gasteiger partial charge is 0.481 e.